The molecule has 3 aliphatic rings. The van der Waals surface area contributed by atoms with Crippen molar-refractivity contribution in [2.24, 2.45) is 23.7 Å². The SMILES string of the molecule is CCCCC[C@H]1CC[C@H]([C@H]2CC[C@H](C(=O)O[C@H]3CC[C@H](c4ccc(O)cc4)CC3)CC2)CC1. The second-order valence-electron chi connectivity index (χ2n) is 11.4. The molecule has 33 heavy (non-hydrogen) atoms. The molecular formula is C30H46O3. The minimum atomic E-state index is 0.0844. The van der Waals surface area contributed by atoms with Gasteiger partial charge < -0.3 is 9.84 Å². The molecule has 3 heteroatoms. The number of carbonyl (C=O) groups is 1. The molecule has 3 fully saturated rings. The smallest absolute Gasteiger partial charge is 0.309 e. The van der Waals surface area contributed by atoms with Gasteiger partial charge in [0.2, 0.25) is 0 Å². The normalized spacial score (nSPS) is 32.9. The number of phenolic OH excluding ortho intramolecular Hbond substituents is 1. The van der Waals surface area contributed by atoms with E-state index in [0.717, 1.165) is 56.3 Å². The first kappa shape index (κ1) is 24.6. The van der Waals surface area contributed by atoms with Gasteiger partial charge in [-0.05, 0) is 106 Å². The second-order valence-corrected chi connectivity index (χ2v) is 11.4. The first-order valence-corrected chi connectivity index (χ1v) is 14.1. The number of ether oxygens (including phenoxy) is 1. The number of unbranched alkanes of at least 4 members (excludes halogenated alkanes) is 2. The highest BCUT2D eigenvalue weighted by atomic mass is 16.5. The molecule has 3 nitrogen and oxygen atoms in total. The molecule has 0 amide bonds. The van der Waals surface area contributed by atoms with Crippen LogP contribution in [0.3, 0.4) is 0 Å². The van der Waals surface area contributed by atoms with Crippen molar-refractivity contribution in [3.05, 3.63) is 29.8 Å². The molecule has 3 aliphatic carbocycles. The molecule has 0 aliphatic heterocycles. The molecule has 184 valence electrons. The van der Waals surface area contributed by atoms with Crippen LogP contribution in [0.25, 0.3) is 0 Å². The molecule has 1 N–H and O–H groups in total. The average molecular weight is 455 g/mol. The van der Waals surface area contributed by atoms with Crippen molar-refractivity contribution >= 4 is 5.97 Å². The molecule has 0 atom stereocenters. The number of rotatable bonds is 8. The van der Waals surface area contributed by atoms with Crippen LogP contribution in [-0.2, 0) is 9.53 Å². The molecule has 0 radical (unpaired) electrons. The highest BCUT2D eigenvalue weighted by Crippen LogP contribution is 2.43. The highest BCUT2D eigenvalue weighted by molar-refractivity contribution is 5.72. The molecule has 4 rings (SSSR count). The Bertz CT molecular complexity index is 703. The number of hydrogen-bond donors (Lipinski definition) is 1. The van der Waals surface area contributed by atoms with Gasteiger partial charge in [-0.25, -0.2) is 0 Å². The maximum Gasteiger partial charge on any atom is 0.309 e. The molecule has 0 bridgehead atoms. The van der Waals surface area contributed by atoms with Crippen molar-refractivity contribution < 1.29 is 14.6 Å². The fourth-order valence-corrected chi connectivity index (χ4v) is 6.98. The van der Waals surface area contributed by atoms with E-state index >= 15 is 0 Å². The fourth-order valence-electron chi connectivity index (χ4n) is 6.98. The summed E-state index contributed by atoms with van der Waals surface area (Å²) in [6.07, 6.45) is 20.1. The molecule has 1 aromatic rings. The van der Waals surface area contributed by atoms with Crippen molar-refractivity contribution in [2.45, 2.75) is 122 Å². The zero-order chi connectivity index (χ0) is 23.0. The van der Waals surface area contributed by atoms with Gasteiger partial charge in [0.05, 0.1) is 5.92 Å². The third-order valence-corrected chi connectivity index (χ3v) is 9.20. The van der Waals surface area contributed by atoms with E-state index in [1.807, 2.05) is 12.1 Å². The zero-order valence-corrected chi connectivity index (χ0v) is 20.9. The molecular weight excluding hydrogens is 408 g/mol. The lowest BCUT2D eigenvalue weighted by Crippen LogP contribution is -2.32. The van der Waals surface area contributed by atoms with Crippen LogP contribution in [0.2, 0.25) is 0 Å². The van der Waals surface area contributed by atoms with Crippen molar-refractivity contribution in [1.29, 1.82) is 0 Å². The van der Waals surface area contributed by atoms with Crippen LogP contribution in [0, 0.1) is 23.7 Å². The van der Waals surface area contributed by atoms with Crippen LogP contribution >= 0.6 is 0 Å². The quantitative estimate of drug-likeness (QED) is 0.318. The Morgan fingerprint density at radius 1 is 0.818 bits per heavy atom. The first-order chi connectivity index (χ1) is 16.1. The van der Waals surface area contributed by atoms with Gasteiger partial charge >= 0.3 is 5.97 Å². The molecule has 3 saturated carbocycles. The van der Waals surface area contributed by atoms with E-state index in [1.54, 1.807) is 12.1 Å². The van der Waals surface area contributed by atoms with Crippen molar-refractivity contribution in [3.8, 4) is 5.75 Å². The molecule has 0 unspecified atom stereocenters. The fraction of sp³-hybridized carbons (Fsp3) is 0.767. The predicted molar refractivity (Wildman–Crippen MR) is 134 cm³/mol. The van der Waals surface area contributed by atoms with Gasteiger partial charge in [0.25, 0.3) is 0 Å². The Hall–Kier alpha value is -1.51. The Kier molecular flexibility index (Phi) is 9.15. The number of hydrogen-bond acceptors (Lipinski definition) is 3. The molecule has 0 saturated heterocycles. The first-order valence-electron chi connectivity index (χ1n) is 14.1. The molecule has 0 spiro atoms. The van der Waals surface area contributed by atoms with E-state index in [0.29, 0.717) is 11.7 Å². The maximum absolute atomic E-state index is 12.9. The van der Waals surface area contributed by atoms with E-state index in [9.17, 15) is 9.90 Å². The summed E-state index contributed by atoms with van der Waals surface area (Å²) in [5.74, 6) is 3.83. The molecule has 0 aromatic heterocycles. The summed E-state index contributed by atoms with van der Waals surface area (Å²) in [5.41, 5.74) is 1.30. The van der Waals surface area contributed by atoms with E-state index in [1.165, 1.54) is 69.8 Å². The summed E-state index contributed by atoms with van der Waals surface area (Å²) in [4.78, 5) is 12.9. The third kappa shape index (κ3) is 6.99. The number of phenols is 1. The van der Waals surface area contributed by atoms with Crippen LogP contribution in [0.4, 0.5) is 0 Å². The van der Waals surface area contributed by atoms with Crippen molar-refractivity contribution in [3.63, 3.8) is 0 Å². The van der Waals surface area contributed by atoms with Crippen LogP contribution in [0.5, 0.6) is 5.75 Å². The lowest BCUT2D eigenvalue weighted by molar-refractivity contribution is -0.157. The Balaban J connectivity index is 1.13. The van der Waals surface area contributed by atoms with Gasteiger partial charge in [-0.1, -0.05) is 57.6 Å². The summed E-state index contributed by atoms with van der Waals surface area (Å²) >= 11 is 0. The lowest BCUT2D eigenvalue weighted by atomic mass is 9.68. The van der Waals surface area contributed by atoms with Crippen LogP contribution in [0.15, 0.2) is 24.3 Å². The topological polar surface area (TPSA) is 46.5 Å². The summed E-state index contributed by atoms with van der Waals surface area (Å²) in [7, 11) is 0. The lowest BCUT2D eigenvalue weighted by Gasteiger charge is -2.38. The van der Waals surface area contributed by atoms with Gasteiger partial charge in [0, 0.05) is 0 Å². The van der Waals surface area contributed by atoms with Gasteiger partial charge in [0.1, 0.15) is 11.9 Å². The number of carbonyl (C=O) groups excluding carboxylic acids is 1. The number of aromatic hydroxyl groups is 1. The monoisotopic (exact) mass is 454 g/mol. The van der Waals surface area contributed by atoms with E-state index in [4.69, 9.17) is 4.74 Å². The van der Waals surface area contributed by atoms with Gasteiger partial charge in [-0.2, -0.15) is 0 Å². The Morgan fingerprint density at radius 2 is 1.42 bits per heavy atom. The van der Waals surface area contributed by atoms with Gasteiger partial charge in [-0.15, -0.1) is 0 Å². The number of benzene rings is 1. The van der Waals surface area contributed by atoms with E-state index in [2.05, 4.69) is 6.92 Å². The van der Waals surface area contributed by atoms with Crippen LogP contribution in [0.1, 0.15) is 121 Å². The highest BCUT2D eigenvalue weighted by Gasteiger charge is 2.34. The third-order valence-electron chi connectivity index (χ3n) is 9.20. The van der Waals surface area contributed by atoms with Crippen molar-refractivity contribution in [1.82, 2.24) is 0 Å². The maximum atomic E-state index is 12.9. The van der Waals surface area contributed by atoms with Gasteiger partial charge in [0.15, 0.2) is 0 Å². The molecule has 1 aromatic carbocycles. The summed E-state index contributed by atoms with van der Waals surface area (Å²) < 4.78 is 6.00. The summed E-state index contributed by atoms with van der Waals surface area (Å²) in [6, 6.07) is 7.61. The predicted octanol–water partition coefficient (Wildman–Crippen LogP) is 8.15. The minimum absolute atomic E-state index is 0.0844. The van der Waals surface area contributed by atoms with Crippen LogP contribution < -0.4 is 0 Å². The molecule has 0 heterocycles. The standard InChI is InChI=1S/C30H46O3/c1-2-3-4-5-22-6-8-23(9-7-22)24-10-12-27(13-11-24)30(32)33-29-20-16-26(17-21-29)25-14-18-28(31)19-15-25/h14-15,18-19,22-24,26-27,29,31H,2-13,16-17,20-21H2,1H3/t22-,23-,24-,26-,27-,29-. The minimum Gasteiger partial charge on any atom is -0.508 e. The summed E-state index contributed by atoms with van der Waals surface area (Å²) in [5, 5.41) is 9.50. The van der Waals surface area contributed by atoms with Gasteiger partial charge in [-0.3, -0.25) is 4.79 Å². The number of esters is 1. The summed E-state index contributed by atoms with van der Waals surface area (Å²) in [6.45, 7) is 2.30. The van der Waals surface area contributed by atoms with Crippen LogP contribution in [-0.4, -0.2) is 17.2 Å². The van der Waals surface area contributed by atoms with E-state index in [-0.39, 0.29) is 18.0 Å². The Morgan fingerprint density at radius 3 is 2.03 bits per heavy atom. The Labute approximate surface area is 201 Å². The zero-order valence-electron chi connectivity index (χ0n) is 20.9. The average Bonchev–Trinajstić information content (AvgIpc) is 2.86. The second kappa shape index (κ2) is 12.3. The van der Waals surface area contributed by atoms with E-state index < -0.39 is 0 Å². The van der Waals surface area contributed by atoms with Crippen molar-refractivity contribution in [2.75, 3.05) is 0 Å². The largest absolute Gasteiger partial charge is 0.508 e.